The standard InChI is InChI=1S/C10H18ClNO2/c11-5-2-1-3-6-12-10(13)9-4-7-14-8-9/h9H,1-8H2,(H,12,13). The number of rotatable bonds is 6. The highest BCUT2D eigenvalue weighted by Gasteiger charge is 2.22. The largest absolute Gasteiger partial charge is 0.381 e. The third-order valence-electron chi connectivity index (χ3n) is 2.41. The van der Waals surface area contributed by atoms with E-state index in [1.165, 1.54) is 0 Å². The van der Waals surface area contributed by atoms with E-state index >= 15 is 0 Å². The molecule has 1 heterocycles. The van der Waals surface area contributed by atoms with Crippen molar-refractivity contribution >= 4 is 17.5 Å². The summed E-state index contributed by atoms with van der Waals surface area (Å²) in [6.07, 6.45) is 4.01. The van der Waals surface area contributed by atoms with Gasteiger partial charge in [-0.3, -0.25) is 4.79 Å². The third-order valence-corrected chi connectivity index (χ3v) is 2.68. The molecule has 14 heavy (non-hydrogen) atoms. The molecule has 1 amide bonds. The van der Waals surface area contributed by atoms with E-state index in [4.69, 9.17) is 16.3 Å². The zero-order valence-electron chi connectivity index (χ0n) is 8.43. The maximum Gasteiger partial charge on any atom is 0.225 e. The van der Waals surface area contributed by atoms with Gasteiger partial charge in [0.15, 0.2) is 0 Å². The van der Waals surface area contributed by atoms with Crippen molar-refractivity contribution in [1.82, 2.24) is 5.32 Å². The second kappa shape index (κ2) is 7.07. The molecule has 0 aliphatic carbocycles. The lowest BCUT2D eigenvalue weighted by Gasteiger charge is -2.08. The van der Waals surface area contributed by atoms with Crippen LogP contribution < -0.4 is 5.32 Å². The van der Waals surface area contributed by atoms with E-state index in [2.05, 4.69) is 5.32 Å². The molecule has 0 bridgehead atoms. The summed E-state index contributed by atoms with van der Waals surface area (Å²) in [6, 6.07) is 0. The smallest absolute Gasteiger partial charge is 0.225 e. The lowest BCUT2D eigenvalue weighted by molar-refractivity contribution is -0.124. The monoisotopic (exact) mass is 219 g/mol. The van der Waals surface area contributed by atoms with Gasteiger partial charge in [0.2, 0.25) is 5.91 Å². The van der Waals surface area contributed by atoms with Crippen LogP contribution in [0, 0.1) is 5.92 Å². The Morgan fingerprint density at radius 1 is 1.43 bits per heavy atom. The van der Waals surface area contributed by atoms with E-state index in [1.54, 1.807) is 0 Å². The van der Waals surface area contributed by atoms with Crippen LogP contribution in [0.4, 0.5) is 0 Å². The van der Waals surface area contributed by atoms with Gasteiger partial charge in [0.25, 0.3) is 0 Å². The lowest BCUT2D eigenvalue weighted by Crippen LogP contribution is -2.31. The van der Waals surface area contributed by atoms with Gasteiger partial charge >= 0.3 is 0 Å². The fraction of sp³-hybridized carbons (Fsp3) is 0.900. The van der Waals surface area contributed by atoms with Crippen molar-refractivity contribution in [3.05, 3.63) is 0 Å². The van der Waals surface area contributed by atoms with Crippen LogP contribution in [0.25, 0.3) is 0 Å². The van der Waals surface area contributed by atoms with Crippen molar-refractivity contribution < 1.29 is 9.53 Å². The Bertz CT molecular complexity index is 170. The first-order chi connectivity index (χ1) is 6.84. The molecule has 0 spiro atoms. The molecule has 3 nitrogen and oxygen atoms in total. The summed E-state index contributed by atoms with van der Waals surface area (Å²) in [5.74, 6) is 0.945. The molecule has 0 radical (unpaired) electrons. The summed E-state index contributed by atoms with van der Waals surface area (Å²) < 4.78 is 5.14. The second-order valence-electron chi connectivity index (χ2n) is 3.60. The average molecular weight is 220 g/mol. The van der Waals surface area contributed by atoms with Crippen LogP contribution in [0.2, 0.25) is 0 Å². The van der Waals surface area contributed by atoms with Gasteiger partial charge in [-0.25, -0.2) is 0 Å². The van der Waals surface area contributed by atoms with Gasteiger partial charge in [0, 0.05) is 19.0 Å². The number of hydrogen-bond acceptors (Lipinski definition) is 2. The maximum absolute atomic E-state index is 11.5. The molecule has 0 saturated carbocycles. The number of amides is 1. The number of carbonyl (C=O) groups excluding carboxylic acids is 1. The summed E-state index contributed by atoms with van der Waals surface area (Å²) in [4.78, 5) is 11.5. The van der Waals surface area contributed by atoms with Crippen molar-refractivity contribution in [3.63, 3.8) is 0 Å². The molecular weight excluding hydrogens is 202 g/mol. The molecule has 1 N–H and O–H groups in total. The highest BCUT2D eigenvalue weighted by Crippen LogP contribution is 2.11. The first-order valence-corrected chi connectivity index (χ1v) is 5.79. The Labute approximate surface area is 90.1 Å². The quantitative estimate of drug-likeness (QED) is 0.544. The summed E-state index contributed by atoms with van der Waals surface area (Å²) in [5, 5.41) is 2.92. The van der Waals surface area contributed by atoms with Crippen molar-refractivity contribution in [2.24, 2.45) is 5.92 Å². The molecule has 1 saturated heterocycles. The number of alkyl halides is 1. The maximum atomic E-state index is 11.5. The van der Waals surface area contributed by atoms with Gasteiger partial charge < -0.3 is 10.1 Å². The molecule has 1 unspecified atom stereocenters. The number of hydrogen-bond donors (Lipinski definition) is 1. The van der Waals surface area contributed by atoms with Crippen LogP contribution in [-0.2, 0) is 9.53 Å². The summed E-state index contributed by atoms with van der Waals surface area (Å²) in [6.45, 7) is 2.09. The highest BCUT2D eigenvalue weighted by molar-refractivity contribution is 6.17. The zero-order valence-corrected chi connectivity index (χ0v) is 9.18. The minimum atomic E-state index is 0.0861. The molecule has 0 aromatic carbocycles. The zero-order chi connectivity index (χ0) is 10.2. The summed E-state index contributed by atoms with van der Waals surface area (Å²) in [7, 11) is 0. The predicted molar refractivity (Wildman–Crippen MR) is 56.5 cm³/mol. The van der Waals surface area contributed by atoms with E-state index in [0.29, 0.717) is 12.5 Å². The molecule has 0 aromatic heterocycles. The summed E-state index contributed by atoms with van der Waals surface area (Å²) >= 11 is 5.54. The van der Waals surface area contributed by atoms with Crippen molar-refractivity contribution in [1.29, 1.82) is 0 Å². The number of carbonyl (C=O) groups is 1. The van der Waals surface area contributed by atoms with Gasteiger partial charge in [0.1, 0.15) is 0 Å². The van der Waals surface area contributed by atoms with Crippen LogP contribution in [0.15, 0.2) is 0 Å². The molecule has 1 fully saturated rings. The van der Waals surface area contributed by atoms with Crippen molar-refractivity contribution in [2.75, 3.05) is 25.6 Å². The van der Waals surface area contributed by atoms with Gasteiger partial charge in [0.05, 0.1) is 12.5 Å². The SMILES string of the molecule is O=C(NCCCCCCl)C1CCOC1. The number of unbranched alkanes of at least 4 members (excludes halogenated alkanes) is 2. The Kier molecular flexibility index (Phi) is 5.96. The topological polar surface area (TPSA) is 38.3 Å². The van der Waals surface area contributed by atoms with Gasteiger partial charge in [-0.1, -0.05) is 6.42 Å². The molecule has 1 aliphatic rings. The minimum Gasteiger partial charge on any atom is -0.381 e. The average Bonchev–Trinajstić information content (AvgIpc) is 2.70. The van der Waals surface area contributed by atoms with E-state index < -0.39 is 0 Å². The molecule has 4 heteroatoms. The minimum absolute atomic E-state index is 0.0861. The van der Waals surface area contributed by atoms with Crippen LogP contribution in [0.1, 0.15) is 25.7 Å². The lowest BCUT2D eigenvalue weighted by atomic mass is 10.1. The van der Waals surface area contributed by atoms with E-state index in [0.717, 1.165) is 38.8 Å². The van der Waals surface area contributed by atoms with E-state index in [9.17, 15) is 4.79 Å². The predicted octanol–water partition coefficient (Wildman–Crippen LogP) is 1.55. The molecular formula is C10H18ClNO2. The number of ether oxygens (including phenoxy) is 1. The van der Waals surface area contributed by atoms with Crippen LogP contribution in [0.5, 0.6) is 0 Å². The number of halogens is 1. The number of nitrogens with one attached hydrogen (secondary N) is 1. The first kappa shape index (κ1) is 11.8. The van der Waals surface area contributed by atoms with Crippen LogP contribution >= 0.6 is 11.6 Å². The van der Waals surface area contributed by atoms with Crippen molar-refractivity contribution in [3.8, 4) is 0 Å². The normalized spacial score (nSPS) is 21.1. The van der Waals surface area contributed by atoms with Gasteiger partial charge in [-0.05, 0) is 19.3 Å². The fourth-order valence-electron chi connectivity index (χ4n) is 1.49. The highest BCUT2D eigenvalue weighted by atomic mass is 35.5. The van der Waals surface area contributed by atoms with Crippen LogP contribution in [0.3, 0.4) is 0 Å². The molecule has 1 aliphatic heterocycles. The Morgan fingerprint density at radius 2 is 2.29 bits per heavy atom. The summed E-state index contributed by atoms with van der Waals surface area (Å²) in [5.41, 5.74) is 0. The molecule has 1 atom stereocenters. The Morgan fingerprint density at radius 3 is 2.93 bits per heavy atom. The Balaban J connectivity index is 1.97. The van der Waals surface area contributed by atoms with E-state index in [1.807, 2.05) is 0 Å². The van der Waals surface area contributed by atoms with Crippen molar-refractivity contribution in [2.45, 2.75) is 25.7 Å². The third kappa shape index (κ3) is 4.29. The molecule has 1 rings (SSSR count). The van der Waals surface area contributed by atoms with Crippen LogP contribution in [-0.4, -0.2) is 31.5 Å². The van der Waals surface area contributed by atoms with Gasteiger partial charge in [-0.15, -0.1) is 11.6 Å². The molecule has 0 aromatic rings. The first-order valence-electron chi connectivity index (χ1n) is 5.26. The fourth-order valence-corrected chi connectivity index (χ4v) is 1.68. The Hall–Kier alpha value is -0.280. The van der Waals surface area contributed by atoms with Gasteiger partial charge in [-0.2, -0.15) is 0 Å². The molecule has 82 valence electrons. The second-order valence-corrected chi connectivity index (χ2v) is 3.98. The van der Waals surface area contributed by atoms with E-state index in [-0.39, 0.29) is 11.8 Å².